The standard InChI is InChI=1S/C10H19N3O3/c1-8(9(14)15)7-11-10(16)12-13-5-3-2-4-6-13/h8H,2-7H2,1H3,(H,14,15)(H2,11,12,16). The van der Waals surface area contributed by atoms with Gasteiger partial charge in [0, 0.05) is 19.6 Å². The van der Waals surface area contributed by atoms with Crippen LogP contribution in [0.2, 0.25) is 0 Å². The van der Waals surface area contributed by atoms with Gasteiger partial charge in [-0.05, 0) is 12.8 Å². The normalized spacial score (nSPS) is 18.8. The van der Waals surface area contributed by atoms with E-state index in [1.807, 2.05) is 5.01 Å². The Bertz CT molecular complexity index is 252. The van der Waals surface area contributed by atoms with Gasteiger partial charge >= 0.3 is 12.0 Å². The highest BCUT2D eigenvalue weighted by molar-refractivity contribution is 5.75. The first-order valence-electron chi connectivity index (χ1n) is 5.62. The Balaban J connectivity index is 2.17. The van der Waals surface area contributed by atoms with Crippen molar-refractivity contribution in [3.63, 3.8) is 0 Å². The molecule has 2 amide bonds. The number of carbonyl (C=O) groups is 2. The maximum Gasteiger partial charge on any atom is 0.329 e. The van der Waals surface area contributed by atoms with E-state index in [2.05, 4.69) is 10.7 Å². The van der Waals surface area contributed by atoms with E-state index in [1.165, 1.54) is 6.42 Å². The number of rotatable bonds is 4. The zero-order chi connectivity index (χ0) is 12.0. The monoisotopic (exact) mass is 229 g/mol. The van der Waals surface area contributed by atoms with Gasteiger partial charge in [-0.1, -0.05) is 13.3 Å². The van der Waals surface area contributed by atoms with Crippen LogP contribution in [0, 0.1) is 5.92 Å². The fourth-order valence-corrected chi connectivity index (χ4v) is 1.52. The predicted octanol–water partition coefficient (Wildman–Crippen LogP) is 0.407. The van der Waals surface area contributed by atoms with Crippen LogP contribution in [0.5, 0.6) is 0 Å². The molecule has 1 aliphatic rings. The van der Waals surface area contributed by atoms with Gasteiger partial charge in [-0.25, -0.2) is 9.80 Å². The largest absolute Gasteiger partial charge is 0.481 e. The second-order valence-electron chi connectivity index (χ2n) is 4.11. The summed E-state index contributed by atoms with van der Waals surface area (Å²) in [5.41, 5.74) is 2.70. The molecule has 1 rings (SSSR count). The summed E-state index contributed by atoms with van der Waals surface area (Å²) in [6.45, 7) is 3.43. The first-order chi connectivity index (χ1) is 7.59. The molecular formula is C10H19N3O3. The number of nitrogens with zero attached hydrogens (tertiary/aromatic N) is 1. The second kappa shape index (κ2) is 6.32. The summed E-state index contributed by atoms with van der Waals surface area (Å²) < 4.78 is 0. The summed E-state index contributed by atoms with van der Waals surface area (Å²) in [6.07, 6.45) is 3.38. The highest BCUT2D eigenvalue weighted by Crippen LogP contribution is 2.05. The number of amides is 2. The fourth-order valence-electron chi connectivity index (χ4n) is 1.52. The molecule has 1 saturated heterocycles. The number of hydrogen-bond donors (Lipinski definition) is 3. The zero-order valence-corrected chi connectivity index (χ0v) is 9.53. The smallest absolute Gasteiger partial charge is 0.329 e. The fraction of sp³-hybridized carbons (Fsp3) is 0.800. The summed E-state index contributed by atoms with van der Waals surface area (Å²) in [5, 5.41) is 13.0. The minimum Gasteiger partial charge on any atom is -0.481 e. The van der Waals surface area contributed by atoms with E-state index < -0.39 is 11.9 Å². The van der Waals surface area contributed by atoms with Gasteiger partial charge in [0.2, 0.25) is 0 Å². The number of hydrazine groups is 1. The number of carboxylic acids is 1. The zero-order valence-electron chi connectivity index (χ0n) is 9.53. The molecule has 6 heteroatoms. The third-order valence-corrected chi connectivity index (χ3v) is 2.61. The number of nitrogens with one attached hydrogen (secondary N) is 2. The molecule has 0 aromatic rings. The lowest BCUT2D eigenvalue weighted by Gasteiger charge is -2.26. The molecule has 3 N–H and O–H groups in total. The highest BCUT2D eigenvalue weighted by atomic mass is 16.4. The van der Waals surface area contributed by atoms with Gasteiger partial charge in [0.15, 0.2) is 0 Å². The maximum atomic E-state index is 11.4. The first kappa shape index (κ1) is 12.8. The molecule has 1 aliphatic heterocycles. The Morgan fingerprint density at radius 2 is 1.94 bits per heavy atom. The summed E-state index contributed by atoms with van der Waals surface area (Å²) in [4.78, 5) is 21.9. The van der Waals surface area contributed by atoms with Gasteiger partial charge in [-0.15, -0.1) is 0 Å². The maximum absolute atomic E-state index is 11.4. The Morgan fingerprint density at radius 1 is 1.31 bits per heavy atom. The average molecular weight is 229 g/mol. The summed E-state index contributed by atoms with van der Waals surface area (Å²) in [6, 6.07) is -0.324. The van der Waals surface area contributed by atoms with Crippen molar-refractivity contribution in [3.05, 3.63) is 0 Å². The molecule has 1 atom stereocenters. The van der Waals surface area contributed by atoms with Gasteiger partial charge in [0.25, 0.3) is 0 Å². The molecule has 1 fully saturated rings. The minimum absolute atomic E-state index is 0.148. The van der Waals surface area contributed by atoms with E-state index in [4.69, 9.17) is 5.11 Å². The number of carboxylic acid groups (broad SMARTS) is 1. The van der Waals surface area contributed by atoms with Gasteiger partial charge < -0.3 is 10.4 Å². The lowest BCUT2D eigenvalue weighted by atomic mass is 10.2. The lowest BCUT2D eigenvalue weighted by Crippen LogP contribution is -2.50. The molecule has 92 valence electrons. The van der Waals surface area contributed by atoms with Crippen molar-refractivity contribution in [2.45, 2.75) is 26.2 Å². The van der Waals surface area contributed by atoms with E-state index in [0.717, 1.165) is 25.9 Å². The van der Waals surface area contributed by atoms with E-state index >= 15 is 0 Å². The summed E-state index contributed by atoms with van der Waals surface area (Å²) in [7, 11) is 0. The van der Waals surface area contributed by atoms with Crippen LogP contribution in [0.25, 0.3) is 0 Å². The van der Waals surface area contributed by atoms with E-state index in [1.54, 1.807) is 6.92 Å². The Morgan fingerprint density at radius 3 is 2.50 bits per heavy atom. The van der Waals surface area contributed by atoms with Gasteiger partial charge in [-0.2, -0.15) is 0 Å². The first-order valence-corrected chi connectivity index (χ1v) is 5.62. The van der Waals surface area contributed by atoms with Gasteiger partial charge in [0.1, 0.15) is 0 Å². The number of aliphatic carboxylic acids is 1. The Labute approximate surface area is 95.0 Å². The average Bonchev–Trinajstić information content (AvgIpc) is 2.27. The lowest BCUT2D eigenvalue weighted by molar-refractivity contribution is -0.140. The van der Waals surface area contributed by atoms with Crippen LogP contribution in [0.3, 0.4) is 0 Å². The van der Waals surface area contributed by atoms with Crippen LogP contribution in [0.1, 0.15) is 26.2 Å². The van der Waals surface area contributed by atoms with Crippen LogP contribution < -0.4 is 10.7 Å². The third kappa shape index (κ3) is 4.48. The molecular weight excluding hydrogens is 210 g/mol. The van der Waals surface area contributed by atoms with Crippen LogP contribution in [-0.4, -0.2) is 41.8 Å². The second-order valence-corrected chi connectivity index (χ2v) is 4.11. The molecule has 1 heterocycles. The molecule has 0 aromatic heterocycles. The molecule has 0 aliphatic carbocycles. The number of carbonyl (C=O) groups excluding carboxylic acids is 1. The van der Waals surface area contributed by atoms with Crippen LogP contribution in [0.15, 0.2) is 0 Å². The van der Waals surface area contributed by atoms with Crippen molar-refractivity contribution >= 4 is 12.0 Å². The number of hydrogen-bond acceptors (Lipinski definition) is 3. The van der Waals surface area contributed by atoms with E-state index in [-0.39, 0.29) is 12.6 Å². The number of urea groups is 1. The van der Waals surface area contributed by atoms with Gasteiger partial charge in [-0.3, -0.25) is 10.2 Å². The van der Waals surface area contributed by atoms with Crippen LogP contribution in [0.4, 0.5) is 4.79 Å². The topological polar surface area (TPSA) is 81.7 Å². The van der Waals surface area contributed by atoms with Crippen molar-refractivity contribution in [1.82, 2.24) is 15.8 Å². The van der Waals surface area contributed by atoms with Gasteiger partial charge in [0.05, 0.1) is 5.92 Å². The highest BCUT2D eigenvalue weighted by Gasteiger charge is 2.15. The molecule has 0 bridgehead atoms. The summed E-state index contributed by atoms with van der Waals surface area (Å²) in [5.74, 6) is -1.47. The van der Waals surface area contributed by atoms with Crippen molar-refractivity contribution in [2.24, 2.45) is 5.92 Å². The predicted molar refractivity (Wildman–Crippen MR) is 58.8 cm³/mol. The minimum atomic E-state index is -0.904. The van der Waals surface area contributed by atoms with E-state index in [9.17, 15) is 9.59 Å². The Hall–Kier alpha value is -1.30. The molecule has 1 unspecified atom stereocenters. The van der Waals surface area contributed by atoms with Crippen molar-refractivity contribution in [2.75, 3.05) is 19.6 Å². The summed E-state index contributed by atoms with van der Waals surface area (Å²) >= 11 is 0. The third-order valence-electron chi connectivity index (χ3n) is 2.61. The van der Waals surface area contributed by atoms with Crippen LogP contribution >= 0.6 is 0 Å². The van der Waals surface area contributed by atoms with Crippen molar-refractivity contribution in [1.29, 1.82) is 0 Å². The molecule has 0 aromatic carbocycles. The number of piperidine rings is 1. The van der Waals surface area contributed by atoms with E-state index in [0.29, 0.717) is 0 Å². The molecule has 0 radical (unpaired) electrons. The quantitative estimate of drug-likeness (QED) is 0.652. The van der Waals surface area contributed by atoms with Crippen molar-refractivity contribution in [3.8, 4) is 0 Å². The molecule has 0 saturated carbocycles. The van der Waals surface area contributed by atoms with Crippen LogP contribution in [-0.2, 0) is 4.79 Å². The molecule has 6 nitrogen and oxygen atoms in total. The van der Waals surface area contributed by atoms with Crippen molar-refractivity contribution < 1.29 is 14.7 Å². The molecule has 0 spiro atoms. The SMILES string of the molecule is CC(CNC(=O)NN1CCCCC1)C(=O)O. The molecule has 16 heavy (non-hydrogen) atoms. The Kier molecular flexibility index (Phi) is 5.04.